The molecule has 0 bridgehead atoms. The number of hydrogen-bond donors (Lipinski definition) is 1. The number of rotatable bonds is 4. The standard InChI is InChI=1S/C18H14ClN3O2/c1-12(23)13-3-2-4-16(9-13)21-18(24)14-10-20-22(11-14)17-7-5-15(19)6-8-17/h2-11H,1H3,(H,21,24). The lowest BCUT2D eigenvalue weighted by Crippen LogP contribution is -2.11. The summed E-state index contributed by atoms with van der Waals surface area (Å²) in [5.74, 6) is -0.349. The number of nitrogens with one attached hydrogen (secondary N) is 1. The van der Waals surface area contributed by atoms with Crippen molar-refractivity contribution in [2.24, 2.45) is 0 Å². The summed E-state index contributed by atoms with van der Waals surface area (Å²) in [6.07, 6.45) is 3.12. The molecular weight excluding hydrogens is 326 g/mol. The Morgan fingerprint density at radius 3 is 2.54 bits per heavy atom. The predicted molar refractivity (Wildman–Crippen MR) is 93.0 cm³/mol. The summed E-state index contributed by atoms with van der Waals surface area (Å²) in [7, 11) is 0. The number of halogens is 1. The maximum atomic E-state index is 12.3. The van der Waals surface area contributed by atoms with E-state index in [9.17, 15) is 9.59 Å². The first kappa shape index (κ1) is 16.0. The van der Waals surface area contributed by atoms with Crippen LogP contribution in [0.4, 0.5) is 5.69 Å². The van der Waals surface area contributed by atoms with Crippen LogP contribution in [-0.4, -0.2) is 21.5 Å². The molecule has 0 aliphatic heterocycles. The molecule has 0 fully saturated rings. The number of nitrogens with zero attached hydrogens (tertiary/aromatic N) is 2. The molecule has 0 atom stereocenters. The van der Waals surface area contributed by atoms with Gasteiger partial charge in [0.2, 0.25) is 0 Å². The van der Waals surface area contributed by atoms with E-state index in [2.05, 4.69) is 10.4 Å². The smallest absolute Gasteiger partial charge is 0.258 e. The minimum atomic E-state index is -0.295. The number of ketones is 1. The van der Waals surface area contributed by atoms with Gasteiger partial charge in [0, 0.05) is 22.5 Å². The van der Waals surface area contributed by atoms with Crippen LogP contribution in [0.1, 0.15) is 27.6 Å². The maximum Gasteiger partial charge on any atom is 0.258 e. The first-order chi connectivity index (χ1) is 11.5. The highest BCUT2D eigenvalue weighted by molar-refractivity contribution is 6.30. The third-order valence-corrected chi connectivity index (χ3v) is 3.71. The van der Waals surface area contributed by atoms with Crippen LogP contribution in [0.3, 0.4) is 0 Å². The van der Waals surface area contributed by atoms with E-state index >= 15 is 0 Å². The van der Waals surface area contributed by atoms with Crippen molar-refractivity contribution in [2.45, 2.75) is 6.92 Å². The number of benzene rings is 2. The second-order valence-electron chi connectivity index (χ2n) is 5.24. The molecule has 3 rings (SSSR count). The molecule has 2 aromatic carbocycles. The van der Waals surface area contributed by atoms with Gasteiger partial charge in [-0.05, 0) is 43.3 Å². The van der Waals surface area contributed by atoms with Gasteiger partial charge in [0.25, 0.3) is 5.91 Å². The Labute approximate surface area is 143 Å². The Kier molecular flexibility index (Phi) is 4.44. The second kappa shape index (κ2) is 6.68. The van der Waals surface area contributed by atoms with E-state index in [1.807, 2.05) is 12.1 Å². The predicted octanol–water partition coefficient (Wildman–Crippen LogP) is 3.98. The topological polar surface area (TPSA) is 64.0 Å². The molecule has 1 aromatic heterocycles. The molecule has 3 aromatic rings. The van der Waals surface area contributed by atoms with Gasteiger partial charge in [-0.2, -0.15) is 5.10 Å². The zero-order valence-corrected chi connectivity index (χ0v) is 13.6. The van der Waals surface area contributed by atoms with E-state index in [0.29, 0.717) is 21.8 Å². The zero-order chi connectivity index (χ0) is 17.1. The highest BCUT2D eigenvalue weighted by Crippen LogP contribution is 2.15. The molecule has 0 aliphatic carbocycles. The van der Waals surface area contributed by atoms with Crippen molar-refractivity contribution in [3.8, 4) is 5.69 Å². The summed E-state index contributed by atoms with van der Waals surface area (Å²) < 4.78 is 1.59. The number of anilines is 1. The Balaban J connectivity index is 1.77. The monoisotopic (exact) mass is 339 g/mol. The number of hydrogen-bond acceptors (Lipinski definition) is 3. The van der Waals surface area contributed by atoms with Crippen molar-refractivity contribution in [2.75, 3.05) is 5.32 Å². The van der Waals surface area contributed by atoms with Crippen molar-refractivity contribution < 1.29 is 9.59 Å². The first-order valence-electron chi connectivity index (χ1n) is 7.26. The van der Waals surface area contributed by atoms with Crippen LogP contribution in [0.5, 0.6) is 0 Å². The molecule has 5 nitrogen and oxygen atoms in total. The average molecular weight is 340 g/mol. The quantitative estimate of drug-likeness (QED) is 0.731. The van der Waals surface area contributed by atoms with E-state index in [1.165, 1.54) is 13.1 Å². The number of aromatic nitrogens is 2. The third kappa shape index (κ3) is 3.52. The largest absolute Gasteiger partial charge is 0.322 e. The Bertz CT molecular complexity index is 901. The van der Waals surface area contributed by atoms with Gasteiger partial charge in [-0.25, -0.2) is 4.68 Å². The van der Waals surface area contributed by atoms with Crippen molar-refractivity contribution in [1.82, 2.24) is 9.78 Å². The van der Waals surface area contributed by atoms with Gasteiger partial charge in [-0.3, -0.25) is 9.59 Å². The Morgan fingerprint density at radius 1 is 1.08 bits per heavy atom. The summed E-state index contributed by atoms with van der Waals surface area (Å²) in [5, 5.41) is 7.58. The van der Waals surface area contributed by atoms with E-state index in [4.69, 9.17) is 11.6 Å². The molecule has 0 saturated heterocycles. The highest BCUT2D eigenvalue weighted by Gasteiger charge is 2.10. The van der Waals surface area contributed by atoms with E-state index in [0.717, 1.165) is 5.69 Å². The van der Waals surface area contributed by atoms with Crippen LogP contribution < -0.4 is 5.32 Å². The lowest BCUT2D eigenvalue weighted by molar-refractivity contribution is 0.101. The van der Waals surface area contributed by atoms with E-state index in [-0.39, 0.29) is 11.7 Å². The van der Waals surface area contributed by atoms with Gasteiger partial charge in [0.1, 0.15) is 0 Å². The molecule has 120 valence electrons. The fraction of sp³-hybridized carbons (Fsp3) is 0.0556. The van der Waals surface area contributed by atoms with Gasteiger partial charge in [-0.15, -0.1) is 0 Å². The van der Waals surface area contributed by atoms with Gasteiger partial charge < -0.3 is 5.32 Å². The van der Waals surface area contributed by atoms with E-state index < -0.39 is 0 Å². The van der Waals surface area contributed by atoms with Crippen molar-refractivity contribution in [3.05, 3.63) is 77.1 Å². The van der Waals surface area contributed by atoms with Gasteiger partial charge >= 0.3 is 0 Å². The molecule has 6 heteroatoms. The summed E-state index contributed by atoms with van der Waals surface area (Å²) >= 11 is 5.86. The highest BCUT2D eigenvalue weighted by atomic mass is 35.5. The fourth-order valence-corrected chi connectivity index (χ4v) is 2.32. The minimum Gasteiger partial charge on any atom is -0.322 e. The second-order valence-corrected chi connectivity index (χ2v) is 5.68. The summed E-state index contributed by atoms with van der Waals surface area (Å²) in [6.45, 7) is 1.48. The summed E-state index contributed by atoms with van der Waals surface area (Å²) in [5.41, 5.74) is 2.33. The van der Waals surface area contributed by atoms with Gasteiger partial charge in [-0.1, -0.05) is 23.7 Å². The van der Waals surface area contributed by atoms with Crippen molar-refractivity contribution in [1.29, 1.82) is 0 Å². The molecule has 0 radical (unpaired) electrons. The molecule has 0 aliphatic rings. The maximum absolute atomic E-state index is 12.3. The van der Waals surface area contributed by atoms with Crippen LogP contribution in [0.25, 0.3) is 5.69 Å². The lowest BCUT2D eigenvalue weighted by Gasteiger charge is -2.05. The third-order valence-electron chi connectivity index (χ3n) is 3.46. The normalized spacial score (nSPS) is 10.4. The fourth-order valence-electron chi connectivity index (χ4n) is 2.19. The molecule has 1 heterocycles. The molecular formula is C18H14ClN3O2. The van der Waals surface area contributed by atoms with Crippen LogP contribution in [0.15, 0.2) is 60.9 Å². The van der Waals surface area contributed by atoms with Crippen molar-refractivity contribution >= 4 is 29.0 Å². The average Bonchev–Trinajstić information content (AvgIpc) is 3.06. The van der Waals surface area contributed by atoms with Crippen LogP contribution >= 0.6 is 11.6 Å². The Hall–Kier alpha value is -2.92. The molecule has 1 N–H and O–H groups in total. The minimum absolute atomic E-state index is 0.0540. The number of carbonyl (C=O) groups is 2. The summed E-state index contributed by atoms with van der Waals surface area (Å²) in [4.78, 5) is 23.7. The van der Waals surface area contributed by atoms with Crippen LogP contribution in [0.2, 0.25) is 5.02 Å². The van der Waals surface area contributed by atoms with Gasteiger partial charge in [0.15, 0.2) is 5.78 Å². The Morgan fingerprint density at radius 2 is 1.83 bits per heavy atom. The number of carbonyl (C=O) groups excluding carboxylic acids is 2. The SMILES string of the molecule is CC(=O)c1cccc(NC(=O)c2cnn(-c3ccc(Cl)cc3)c2)c1. The lowest BCUT2D eigenvalue weighted by atomic mass is 10.1. The molecule has 0 spiro atoms. The van der Waals surface area contributed by atoms with E-state index in [1.54, 1.807) is 47.3 Å². The van der Waals surface area contributed by atoms with Gasteiger partial charge in [0.05, 0.1) is 17.4 Å². The summed E-state index contributed by atoms with van der Waals surface area (Å²) in [6, 6.07) is 13.9. The first-order valence-corrected chi connectivity index (χ1v) is 7.64. The van der Waals surface area contributed by atoms with Crippen molar-refractivity contribution in [3.63, 3.8) is 0 Å². The van der Waals surface area contributed by atoms with Crippen LogP contribution in [-0.2, 0) is 0 Å². The zero-order valence-electron chi connectivity index (χ0n) is 12.9. The number of amides is 1. The van der Waals surface area contributed by atoms with Crippen LogP contribution in [0, 0.1) is 0 Å². The molecule has 1 amide bonds. The molecule has 0 unspecified atom stereocenters. The molecule has 0 saturated carbocycles. The molecule has 24 heavy (non-hydrogen) atoms. The number of Topliss-reactive ketones (excluding diaryl/α,β-unsaturated/α-hetero) is 1.